The van der Waals surface area contributed by atoms with Crippen molar-refractivity contribution in [1.29, 1.82) is 0 Å². The summed E-state index contributed by atoms with van der Waals surface area (Å²) < 4.78 is 0. The van der Waals surface area contributed by atoms with Crippen molar-refractivity contribution in [2.45, 2.75) is 12.6 Å². The standard InChI is InChI=1S/C13H15N3/c14-11-5-3-8-15-13(11)16-9-7-10-4-1-2-6-12(10)16/h1-6,8,13,15H,7,9,14H2. The van der Waals surface area contributed by atoms with Crippen molar-refractivity contribution < 1.29 is 0 Å². The van der Waals surface area contributed by atoms with Crippen molar-refractivity contribution >= 4 is 5.69 Å². The average Bonchev–Trinajstić information content (AvgIpc) is 2.74. The maximum atomic E-state index is 6.02. The Morgan fingerprint density at radius 2 is 2.19 bits per heavy atom. The Morgan fingerprint density at radius 1 is 1.31 bits per heavy atom. The first-order valence-corrected chi connectivity index (χ1v) is 5.59. The highest BCUT2D eigenvalue weighted by Gasteiger charge is 2.27. The minimum Gasteiger partial charge on any atom is -0.399 e. The quantitative estimate of drug-likeness (QED) is 0.739. The monoisotopic (exact) mass is 213 g/mol. The van der Waals surface area contributed by atoms with E-state index >= 15 is 0 Å². The summed E-state index contributed by atoms with van der Waals surface area (Å²) in [4.78, 5) is 2.32. The fourth-order valence-electron chi connectivity index (χ4n) is 2.40. The van der Waals surface area contributed by atoms with Crippen LogP contribution in [0.15, 0.2) is 48.3 Å². The van der Waals surface area contributed by atoms with Crippen molar-refractivity contribution in [3.63, 3.8) is 0 Å². The summed E-state index contributed by atoms with van der Waals surface area (Å²) in [5.41, 5.74) is 9.60. The zero-order valence-corrected chi connectivity index (χ0v) is 9.06. The number of hydrogen-bond acceptors (Lipinski definition) is 3. The predicted molar refractivity (Wildman–Crippen MR) is 65.8 cm³/mol. The summed E-state index contributed by atoms with van der Waals surface area (Å²) >= 11 is 0. The Kier molecular flexibility index (Phi) is 2.10. The third kappa shape index (κ3) is 1.36. The van der Waals surface area contributed by atoms with E-state index in [0.717, 1.165) is 18.7 Å². The Balaban J connectivity index is 1.93. The van der Waals surface area contributed by atoms with E-state index in [9.17, 15) is 0 Å². The average molecular weight is 213 g/mol. The highest BCUT2D eigenvalue weighted by Crippen LogP contribution is 2.30. The minimum absolute atomic E-state index is 0.105. The molecule has 0 bridgehead atoms. The summed E-state index contributed by atoms with van der Waals surface area (Å²) in [7, 11) is 0. The molecule has 0 saturated heterocycles. The van der Waals surface area contributed by atoms with Crippen LogP contribution < -0.4 is 16.0 Å². The van der Waals surface area contributed by atoms with Gasteiger partial charge in [-0.2, -0.15) is 0 Å². The zero-order chi connectivity index (χ0) is 11.0. The molecular weight excluding hydrogens is 198 g/mol. The van der Waals surface area contributed by atoms with Crippen LogP contribution in [0.4, 0.5) is 5.69 Å². The molecule has 0 radical (unpaired) electrons. The van der Waals surface area contributed by atoms with Gasteiger partial charge in [0.25, 0.3) is 0 Å². The molecule has 3 nitrogen and oxygen atoms in total. The van der Waals surface area contributed by atoms with Crippen LogP contribution in [-0.4, -0.2) is 12.7 Å². The third-order valence-electron chi connectivity index (χ3n) is 3.19. The van der Waals surface area contributed by atoms with Gasteiger partial charge in [-0.05, 0) is 36.4 Å². The molecule has 0 aliphatic carbocycles. The van der Waals surface area contributed by atoms with Crippen molar-refractivity contribution in [3.8, 4) is 0 Å². The van der Waals surface area contributed by atoms with Gasteiger partial charge < -0.3 is 16.0 Å². The normalized spacial score (nSPS) is 22.6. The molecule has 1 aromatic carbocycles. The molecule has 2 aliphatic heterocycles. The van der Waals surface area contributed by atoms with Crippen LogP contribution >= 0.6 is 0 Å². The fourth-order valence-corrected chi connectivity index (χ4v) is 2.40. The zero-order valence-electron chi connectivity index (χ0n) is 9.06. The van der Waals surface area contributed by atoms with E-state index in [2.05, 4.69) is 34.5 Å². The van der Waals surface area contributed by atoms with Crippen LogP contribution in [0.1, 0.15) is 5.56 Å². The Morgan fingerprint density at radius 3 is 3.06 bits per heavy atom. The number of benzene rings is 1. The summed E-state index contributed by atoms with van der Waals surface area (Å²) in [6.45, 7) is 1.03. The maximum Gasteiger partial charge on any atom is 0.140 e. The first-order chi connectivity index (χ1) is 7.86. The van der Waals surface area contributed by atoms with E-state index in [1.165, 1.54) is 11.3 Å². The highest BCUT2D eigenvalue weighted by molar-refractivity contribution is 5.59. The molecule has 0 amide bonds. The summed E-state index contributed by atoms with van der Waals surface area (Å²) in [6, 6.07) is 8.52. The van der Waals surface area contributed by atoms with Gasteiger partial charge in [-0.1, -0.05) is 18.2 Å². The van der Waals surface area contributed by atoms with Crippen LogP contribution in [0, 0.1) is 0 Å². The number of nitrogens with two attached hydrogens (primary N) is 1. The number of fused-ring (bicyclic) bond motifs is 1. The highest BCUT2D eigenvalue weighted by atomic mass is 15.3. The minimum atomic E-state index is 0.105. The molecular formula is C13H15N3. The first-order valence-electron chi connectivity index (χ1n) is 5.59. The number of allylic oxidation sites excluding steroid dienone is 2. The van der Waals surface area contributed by atoms with E-state index in [4.69, 9.17) is 5.73 Å². The number of para-hydroxylation sites is 1. The van der Waals surface area contributed by atoms with Crippen molar-refractivity contribution in [1.82, 2.24) is 5.32 Å². The van der Waals surface area contributed by atoms with Crippen molar-refractivity contribution in [2.75, 3.05) is 11.4 Å². The van der Waals surface area contributed by atoms with Crippen LogP contribution in [-0.2, 0) is 6.42 Å². The Bertz CT molecular complexity index is 462. The van der Waals surface area contributed by atoms with Crippen molar-refractivity contribution in [3.05, 3.63) is 53.9 Å². The predicted octanol–water partition coefficient (Wildman–Crippen LogP) is 1.33. The number of rotatable bonds is 1. The lowest BCUT2D eigenvalue weighted by atomic mass is 10.1. The van der Waals surface area contributed by atoms with E-state index in [0.29, 0.717) is 0 Å². The van der Waals surface area contributed by atoms with Gasteiger partial charge in [-0.15, -0.1) is 0 Å². The van der Waals surface area contributed by atoms with E-state index in [1.54, 1.807) is 0 Å². The molecule has 0 saturated carbocycles. The summed E-state index contributed by atoms with van der Waals surface area (Å²) in [5, 5.41) is 3.30. The molecule has 2 heterocycles. The summed E-state index contributed by atoms with van der Waals surface area (Å²) in [5.74, 6) is 0. The lowest BCUT2D eigenvalue weighted by Crippen LogP contribution is -2.47. The van der Waals surface area contributed by atoms with Gasteiger partial charge in [0.2, 0.25) is 0 Å². The second-order valence-electron chi connectivity index (χ2n) is 4.17. The molecule has 1 atom stereocenters. The Hall–Kier alpha value is -1.90. The van der Waals surface area contributed by atoms with E-state index < -0.39 is 0 Å². The van der Waals surface area contributed by atoms with Crippen LogP contribution in [0.5, 0.6) is 0 Å². The van der Waals surface area contributed by atoms with Gasteiger partial charge in [0.05, 0.1) is 5.70 Å². The lowest BCUT2D eigenvalue weighted by molar-refractivity contribution is 0.611. The molecule has 1 aromatic rings. The molecule has 82 valence electrons. The number of nitrogens with zero attached hydrogens (tertiary/aromatic N) is 1. The molecule has 0 spiro atoms. The molecule has 16 heavy (non-hydrogen) atoms. The van der Waals surface area contributed by atoms with Gasteiger partial charge >= 0.3 is 0 Å². The van der Waals surface area contributed by atoms with Crippen molar-refractivity contribution in [2.24, 2.45) is 5.73 Å². The van der Waals surface area contributed by atoms with Crippen LogP contribution in [0.25, 0.3) is 0 Å². The molecule has 3 rings (SSSR count). The van der Waals surface area contributed by atoms with Gasteiger partial charge in [0.1, 0.15) is 6.17 Å². The molecule has 0 fully saturated rings. The number of hydrogen-bond donors (Lipinski definition) is 2. The number of anilines is 1. The third-order valence-corrected chi connectivity index (χ3v) is 3.19. The largest absolute Gasteiger partial charge is 0.399 e. The molecule has 0 aromatic heterocycles. The molecule has 2 aliphatic rings. The van der Waals surface area contributed by atoms with Crippen LogP contribution in [0.2, 0.25) is 0 Å². The first kappa shape index (κ1) is 9.33. The molecule has 3 N–H and O–H groups in total. The van der Waals surface area contributed by atoms with Gasteiger partial charge in [-0.25, -0.2) is 0 Å². The summed E-state index contributed by atoms with van der Waals surface area (Å²) in [6.07, 6.45) is 7.05. The van der Waals surface area contributed by atoms with Gasteiger partial charge in [0.15, 0.2) is 0 Å². The Labute approximate surface area is 95.2 Å². The van der Waals surface area contributed by atoms with Gasteiger partial charge in [0, 0.05) is 12.2 Å². The lowest BCUT2D eigenvalue weighted by Gasteiger charge is -2.32. The smallest absolute Gasteiger partial charge is 0.140 e. The van der Waals surface area contributed by atoms with Gasteiger partial charge in [-0.3, -0.25) is 0 Å². The topological polar surface area (TPSA) is 41.3 Å². The SMILES string of the molecule is NC1=CC=CNC1N1CCc2ccccc21. The number of nitrogens with one attached hydrogen (secondary N) is 1. The number of dihydropyridines is 1. The fraction of sp³-hybridized carbons (Fsp3) is 0.231. The second-order valence-corrected chi connectivity index (χ2v) is 4.17. The van der Waals surface area contributed by atoms with Crippen LogP contribution in [0.3, 0.4) is 0 Å². The molecule has 3 heteroatoms. The second kappa shape index (κ2) is 3.59. The maximum absolute atomic E-state index is 6.02. The molecule has 1 unspecified atom stereocenters. The van der Waals surface area contributed by atoms with E-state index in [1.807, 2.05) is 18.4 Å². The van der Waals surface area contributed by atoms with E-state index in [-0.39, 0.29) is 6.17 Å².